The van der Waals surface area contributed by atoms with E-state index in [4.69, 9.17) is 9.16 Å². The van der Waals surface area contributed by atoms with Crippen LogP contribution >= 0.6 is 0 Å². The number of rotatable bonds is 8. The molecular weight excluding hydrogens is 406 g/mol. The molecule has 0 aliphatic rings. The van der Waals surface area contributed by atoms with Crippen LogP contribution in [0.4, 0.5) is 4.79 Å². The van der Waals surface area contributed by atoms with E-state index in [1.54, 1.807) is 0 Å². The molecule has 0 saturated heterocycles. The molecule has 0 heterocycles. The van der Waals surface area contributed by atoms with Gasteiger partial charge in [0.05, 0.1) is 19.8 Å². The quantitative estimate of drug-likeness (QED) is 0.420. The Morgan fingerprint density at radius 2 is 1.55 bits per heavy atom. The molecule has 0 aliphatic heterocycles. The Bertz CT molecular complexity index is 902. The van der Waals surface area contributed by atoms with Crippen LogP contribution in [0.2, 0.25) is 18.1 Å². The van der Waals surface area contributed by atoms with Crippen LogP contribution in [-0.4, -0.2) is 33.9 Å². The second-order valence-corrected chi connectivity index (χ2v) is 13.8. The zero-order chi connectivity index (χ0) is 23.1. The highest BCUT2D eigenvalue weighted by Crippen LogP contribution is 2.37. The summed E-state index contributed by atoms with van der Waals surface area (Å²) in [5.74, 6) is -0.168. The Morgan fingerprint density at radius 3 is 2.06 bits per heavy atom. The van der Waals surface area contributed by atoms with E-state index >= 15 is 0 Å². The van der Waals surface area contributed by atoms with Crippen LogP contribution in [-0.2, 0) is 14.0 Å². The first kappa shape index (κ1) is 24.6. The summed E-state index contributed by atoms with van der Waals surface area (Å²) < 4.78 is 11.0. The Kier molecular flexibility index (Phi) is 8.36. The molecule has 1 amide bonds. The van der Waals surface area contributed by atoms with Crippen molar-refractivity contribution in [1.82, 2.24) is 5.32 Å². The number of nitrogens with one attached hydrogen (secondary N) is 1. The molecule has 0 spiro atoms. The average Bonchev–Trinajstić information content (AvgIpc) is 2.75. The third-order valence-corrected chi connectivity index (χ3v) is 10.2. The molecule has 0 saturated carbocycles. The molecule has 0 radical (unpaired) electrons. The van der Waals surface area contributed by atoms with Crippen LogP contribution in [0.5, 0.6) is 0 Å². The molecule has 2 aromatic carbocycles. The number of amides is 1. The lowest BCUT2D eigenvalue weighted by molar-refractivity contribution is -0.118. The van der Waals surface area contributed by atoms with E-state index in [-0.39, 0.29) is 17.4 Å². The van der Waals surface area contributed by atoms with Gasteiger partial charge >= 0.3 is 6.09 Å². The number of methoxy groups -OCH3 is 1. The summed E-state index contributed by atoms with van der Waals surface area (Å²) in [5, 5.41) is 2.80. The van der Waals surface area contributed by atoms with E-state index in [9.17, 15) is 9.59 Å². The van der Waals surface area contributed by atoms with Crippen molar-refractivity contribution in [2.75, 3.05) is 13.7 Å². The fourth-order valence-corrected chi connectivity index (χ4v) is 3.69. The van der Waals surface area contributed by atoms with Gasteiger partial charge in [-0.2, -0.15) is 0 Å². The number of hydrogen-bond acceptors (Lipinski definition) is 4. The molecule has 6 heteroatoms. The highest BCUT2D eigenvalue weighted by Gasteiger charge is 2.38. The van der Waals surface area contributed by atoms with Gasteiger partial charge in [-0.3, -0.25) is 4.79 Å². The zero-order valence-corrected chi connectivity index (χ0v) is 20.3. The van der Waals surface area contributed by atoms with Crippen LogP contribution in [0.15, 0.2) is 66.2 Å². The van der Waals surface area contributed by atoms with Gasteiger partial charge in [-0.05, 0) is 35.3 Å². The number of benzene rings is 2. The van der Waals surface area contributed by atoms with Crippen LogP contribution < -0.4 is 5.32 Å². The molecule has 31 heavy (non-hydrogen) atoms. The number of alkyl carbamates (subject to hydrolysis) is 1. The van der Waals surface area contributed by atoms with Gasteiger partial charge in [-0.25, -0.2) is 4.79 Å². The molecule has 5 nitrogen and oxygen atoms in total. The standard InChI is InChI=1S/C25H33NO4Si/c1-25(2,3)31(5,6)30-18-22(27)21(17-19-13-9-7-10-14-19)23(26-24(28)29-4)20-15-11-8-12-16-20/h7-17,23H,18H2,1-6H3,(H,26,28)/b21-17-. The van der Waals surface area contributed by atoms with Gasteiger partial charge in [0.15, 0.2) is 14.1 Å². The maximum Gasteiger partial charge on any atom is 0.407 e. The van der Waals surface area contributed by atoms with Crippen molar-refractivity contribution in [3.8, 4) is 0 Å². The Labute approximate surface area is 186 Å². The number of hydrogen-bond donors (Lipinski definition) is 1. The van der Waals surface area contributed by atoms with E-state index in [0.29, 0.717) is 5.57 Å². The first-order valence-corrected chi connectivity index (χ1v) is 13.3. The summed E-state index contributed by atoms with van der Waals surface area (Å²) in [5.41, 5.74) is 2.10. The molecule has 1 N–H and O–H groups in total. The second kappa shape index (κ2) is 10.6. The number of carbonyl (C=O) groups excluding carboxylic acids is 2. The number of Topliss-reactive ketones (excluding diaryl/α,β-unsaturated/α-hetero) is 1. The molecule has 1 unspecified atom stereocenters. The Morgan fingerprint density at radius 1 is 1.00 bits per heavy atom. The van der Waals surface area contributed by atoms with Gasteiger partial charge in [0.25, 0.3) is 0 Å². The van der Waals surface area contributed by atoms with Crippen LogP contribution in [0, 0.1) is 0 Å². The van der Waals surface area contributed by atoms with Crippen molar-refractivity contribution < 1.29 is 18.8 Å². The number of carbonyl (C=O) groups is 2. The lowest BCUT2D eigenvalue weighted by Crippen LogP contribution is -2.42. The van der Waals surface area contributed by atoms with Gasteiger partial charge < -0.3 is 14.5 Å². The van der Waals surface area contributed by atoms with Crippen molar-refractivity contribution in [3.05, 3.63) is 77.4 Å². The molecule has 0 aliphatic carbocycles. The predicted octanol–water partition coefficient (Wildman–Crippen LogP) is 5.76. The molecule has 2 rings (SSSR count). The van der Waals surface area contributed by atoms with E-state index in [1.807, 2.05) is 66.7 Å². The minimum Gasteiger partial charge on any atom is -0.453 e. The first-order chi connectivity index (χ1) is 14.5. The highest BCUT2D eigenvalue weighted by molar-refractivity contribution is 6.74. The third kappa shape index (κ3) is 6.91. The van der Waals surface area contributed by atoms with Crippen molar-refractivity contribution >= 4 is 26.3 Å². The molecule has 0 bridgehead atoms. The molecule has 0 fully saturated rings. The van der Waals surface area contributed by atoms with Crippen LogP contribution in [0.25, 0.3) is 6.08 Å². The van der Waals surface area contributed by atoms with Gasteiger partial charge in [0.1, 0.15) is 0 Å². The third-order valence-electron chi connectivity index (χ3n) is 5.71. The van der Waals surface area contributed by atoms with Crippen molar-refractivity contribution in [2.24, 2.45) is 0 Å². The van der Waals surface area contributed by atoms with Crippen LogP contribution in [0.1, 0.15) is 37.9 Å². The monoisotopic (exact) mass is 439 g/mol. The number of ketones is 1. The summed E-state index contributed by atoms with van der Waals surface area (Å²) in [7, 11) is -0.813. The zero-order valence-electron chi connectivity index (χ0n) is 19.3. The summed E-state index contributed by atoms with van der Waals surface area (Å²) in [4.78, 5) is 25.6. The van der Waals surface area contributed by atoms with E-state index in [0.717, 1.165) is 11.1 Å². The van der Waals surface area contributed by atoms with Crippen molar-refractivity contribution in [2.45, 2.75) is 44.9 Å². The van der Waals surface area contributed by atoms with Gasteiger partial charge in [-0.1, -0.05) is 81.4 Å². The van der Waals surface area contributed by atoms with E-state index in [2.05, 4.69) is 39.2 Å². The topological polar surface area (TPSA) is 64.6 Å². The molecule has 0 aromatic heterocycles. The average molecular weight is 440 g/mol. The minimum atomic E-state index is -2.12. The second-order valence-electron chi connectivity index (χ2n) is 8.96. The summed E-state index contributed by atoms with van der Waals surface area (Å²) >= 11 is 0. The highest BCUT2D eigenvalue weighted by atomic mass is 28.4. The van der Waals surface area contributed by atoms with Gasteiger partial charge in [-0.15, -0.1) is 0 Å². The largest absolute Gasteiger partial charge is 0.453 e. The summed E-state index contributed by atoms with van der Waals surface area (Å²) in [6.07, 6.45) is 1.20. The van der Waals surface area contributed by atoms with E-state index < -0.39 is 20.5 Å². The SMILES string of the molecule is COC(=O)NC(/C(=C\c1ccccc1)C(=O)CO[Si](C)(C)C(C)(C)C)c1ccccc1. The van der Waals surface area contributed by atoms with Gasteiger partial charge in [0.2, 0.25) is 0 Å². The summed E-state index contributed by atoms with van der Waals surface area (Å²) in [6, 6.07) is 18.3. The first-order valence-electron chi connectivity index (χ1n) is 10.4. The predicted molar refractivity (Wildman–Crippen MR) is 127 cm³/mol. The van der Waals surface area contributed by atoms with Crippen LogP contribution in [0.3, 0.4) is 0 Å². The Hall–Kier alpha value is -2.70. The fraction of sp³-hybridized carbons (Fsp3) is 0.360. The maximum atomic E-state index is 13.4. The molecular formula is C25H33NO4Si. The maximum absolute atomic E-state index is 13.4. The smallest absolute Gasteiger partial charge is 0.407 e. The normalized spacial score (nSPS) is 13.4. The fourth-order valence-electron chi connectivity index (χ4n) is 2.76. The molecule has 166 valence electrons. The summed E-state index contributed by atoms with van der Waals surface area (Å²) in [6.45, 7) is 10.6. The lowest BCUT2D eigenvalue weighted by Gasteiger charge is -2.36. The molecule has 2 aromatic rings. The Balaban J connectivity index is 2.46. The van der Waals surface area contributed by atoms with Crippen molar-refractivity contribution in [1.29, 1.82) is 0 Å². The van der Waals surface area contributed by atoms with E-state index in [1.165, 1.54) is 7.11 Å². The molecule has 1 atom stereocenters. The lowest BCUT2D eigenvalue weighted by atomic mass is 9.94. The minimum absolute atomic E-state index is 0.0142. The van der Waals surface area contributed by atoms with Crippen molar-refractivity contribution in [3.63, 3.8) is 0 Å². The van der Waals surface area contributed by atoms with Gasteiger partial charge in [0, 0.05) is 5.57 Å². The number of ether oxygens (including phenoxy) is 1.